The number of hydrogen-bond donors (Lipinski definition) is 2. The Morgan fingerprint density at radius 2 is 1.91 bits per heavy atom. The summed E-state index contributed by atoms with van der Waals surface area (Å²) in [6.45, 7) is 0.780. The summed E-state index contributed by atoms with van der Waals surface area (Å²) in [4.78, 5) is 4.39. The van der Waals surface area contributed by atoms with Crippen LogP contribution in [0.5, 0.6) is 11.5 Å². The van der Waals surface area contributed by atoms with Gasteiger partial charge in [0.2, 0.25) is 0 Å². The average molecular weight is 433 g/mol. The molecule has 0 radical (unpaired) electrons. The van der Waals surface area contributed by atoms with E-state index in [2.05, 4.69) is 10.3 Å². The summed E-state index contributed by atoms with van der Waals surface area (Å²) >= 11 is 0. The van der Waals surface area contributed by atoms with Gasteiger partial charge in [0.1, 0.15) is 0 Å². The van der Waals surface area contributed by atoms with Crippen molar-refractivity contribution in [3.8, 4) is 11.5 Å². The van der Waals surface area contributed by atoms with E-state index in [1.807, 2.05) is 18.2 Å². The highest BCUT2D eigenvalue weighted by molar-refractivity contribution is 14.0. The van der Waals surface area contributed by atoms with E-state index in [4.69, 9.17) is 15.2 Å². The van der Waals surface area contributed by atoms with Gasteiger partial charge in [-0.05, 0) is 30.9 Å². The van der Waals surface area contributed by atoms with Gasteiger partial charge in [0.15, 0.2) is 17.5 Å². The van der Waals surface area contributed by atoms with Crippen LogP contribution in [-0.2, 0) is 0 Å². The van der Waals surface area contributed by atoms with Crippen LogP contribution in [0.1, 0.15) is 38.5 Å². The molecule has 1 fully saturated rings. The summed E-state index contributed by atoms with van der Waals surface area (Å²) in [6, 6.07) is 5.58. The number of nitrogens with zero attached hydrogens (tertiary/aromatic N) is 1. The van der Waals surface area contributed by atoms with Gasteiger partial charge < -0.3 is 20.5 Å². The van der Waals surface area contributed by atoms with E-state index in [1.165, 1.54) is 32.1 Å². The molecule has 0 unspecified atom stereocenters. The van der Waals surface area contributed by atoms with Crippen molar-refractivity contribution in [2.45, 2.75) is 38.5 Å². The van der Waals surface area contributed by atoms with Crippen LogP contribution in [0.4, 0.5) is 5.69 Å². The van der Waals surface area contributed by atoms with E-state index in [9.17, 15) is 0 Å². The lowest BCUT2D eigenvalue weighted by molar-refractivity contribution is 0.355. The normalized spacial score (nSPS) is 15.1. The Kier molecular flexibility index (Phi) is 9.13. The molecule has 0 amide bonds. The molecular formula is C17H28IN3O2. The molecule has 1 aromatic rings. The standard InChI is InChI=1S/C17H27N3O2.HI/c1-21-15-10-9-14(12-16(15)22-2)20-17(18)19-11-5-8-13-6-3-4-7-13;/h9-10,12-13H,3-8,11H2,1-2H3,(H3,18,19,20);1H. The van der Waals surface area contributed by atoms with Crippen LogP contribution in [0, 0.1) is 5.92 Å². The first-order valence-electron chi connectivity index (χ1n) is 8.02. The minimum Gasteiger partial charge on any atom is -0.493 e. The summed E-state index contributed by atoms with van der Waals surface area (Å²) < 4.78 is 10.5. The zero-order valence-electron chi connectivity index (χ0n) is 14.0. The summed E-state index contributed by atoms with van der Waals surface area (Å²) in [5.74, 6) is 2.72. The number of halogens is 1. The number of ether oxygens (including phenoxy) is 2. The average Bonchev–Trinajstić information content (AvgIpc) is 3.04. The van der Waals surface area contributed by atoms with Crippen LogP contribution in [-0.4, -0.2) is 26.7 Å². The van der Waals surface area contributed by atoms with Gasteiger partial charge in [0.05, 0.1) is 14.2 Å². The van der Waals surface area contributed by atoms with Crippen molar-refractivity contribution in [1.82, 2.24) is 0 Å². The first-order chi connectivity index (χ1) is 10.7. The maximum Gasteiger partial charge on any atom is 0.193 e. The number of nitrogens with two attached hydrogens (primary N) is 1. The fraction of sp³-hybridized carbons (Fsp3) is 0.588. The van der Waals surface area contributed by atoms with Crippen molar-refractivity contribution < 1.29 is 9.47 Å². The van der Waals surface area contributed by atoms with Crippen LogP contribution in [0.15, 0.2) is 23.2 Å². The molecule has 5 nitrogen and oxygen atoms in total. The van der Waals surface area contributed by atoms with E-state index in [1.54, 1.807) is 14.2 Å². The number of aliphatic imine (C=N–C) groups is 1. The molecule has 0 spiro atoms. The summed E-state index contributed by atoms with van der Waals surface area (Å²) in [6.07, 6.45) is 7.96. The molecule has 1 aliphatic carbocycles. The molecule has 0 saturated heterocycles. The predicted octanol–water partition coefficient (Wildman–Crippen LogP) is 4.02. The maximum atomic E-state index is 5.93. The summed E-state index contributed by atoms with van der Waals surface area (Å²) in [5, 5.41) is 3.09. The SMILES string of the molecule is COc1ccc(NC(N)=NCCCC2CCCC2)cc1OC.I. The third kappa shape index (κ3) is 6.45. The summed E-state index contributed by atoms with van der Waals surface area (Å²) in [7, 11) is 3.23. The third-order valence-corrected chi connectivity index (χ3v) is 4.18. The molecule has 1 aliphatic rings. The number of nitrogens with one attached hydrogen (secondary N) is 1. The zero-order valence-corrected chi connectivity index (χ0v) is 16.3. The van der Waals surface area contributed by atoms with Crippen molar-refractivity contribution in [2.24, 2.45) is 16.6 Å². The Hall–Kier alpha value is -1.18. The third-order valence-electron chi connectivity index (χ3n) is 4.18. The monoisotopic (exact) mass is 433 g/mol. The predicted molar refractivity (Wildman–Crippen MR) is 106 cm³/mol. The van der Waals surface area contributed by atoms with Crippen molar-refractivity contribution in [3.63, 3.8) is 0 Å². The lowest BCUT2D eigenvalue weighted by Crippen LogP contribution is -2.22. The van der Waals surface area contributed by atoms with E-state index in [0.717, 1.165) is 24.6 Å². The Bertz CT molecular complexity index is 503. The minimum atomic E-state index is 0. The molecular weight excluding hydrogens is 405 g/mol. The minimum absolute atomic E-state index is 0. The highest BCUT2D eigenvalue weighted by Gasteiger charge is 2.13. The van der Waals surface area contributed by atoms with E-state index in [0.29, 0.717) is 17.5 Å². The van der Waals surface area contributed by atoms with Crippen molar-refractivity contribution >= 4 is 35.6 Å². The Labute approximate surface area is 156 Å². The molecule has 0 aliphatic heterocycles. The maximum absolute atomic E-state index is 5.93. The molecule has 0 atom stereocenters. The van der Waals surface area contributed by atoms with Crippen LogP contribution in [0.3, 0.4) is 0 Å². The molecule has 0 bridgehead atoms. The fourth-order valence-electron chi connectivity index (χ4n) is 2.98. The van der Waals surface area contributed by atoms with Gasteiger partial charge in [-0.3, -0.25) is 4.99 Å². The molecule has 1 aromatic carbocycles. The van der Waals surface area contributed by atoms with Crippen LogP contribution in [0.2, 0.25) is 0 Å². The Morgan fingerprint density at radius 1 is 1.22 bits per heavy atom. The van der Waals surface area contributed by atoms with E-state index < -0.39 is 0 Å². The molecule has 130 valence electrons. The Balaban J connectivity index is 0.00000264. The second kappa shape index (κ2) is 10.6. The highest BCUT2D eigenvalue weighted by atomic mass is 127. The molecule has 1 saturated carbocycles. The second-order valence-electron chi connectivity index (χ2n) is 5.75. The number of methoxy groups -OCH3 is 2. The molecule has 0 aromatic heterocycles. The largest absolute Gasteiger partial charge is 0.493 e. The van der Waals surface area contributed by atoms with Gasteiger partial charge in [-0.1, -0.05) is 25.7 Å². The number of anilines is 1. The molecule has 2 rings (SSSR count). The molecule has 6 heteroatoms. The van der Waals surface area contributed by atoms with Crippen LogP contribution < -0.4 is 20.5 Å². The van der Waals surface area contributed by atoms with Gasteiger partial charge in [-0.25, -0.2) is 0 Å². The van der Waals surface area contributed by atoms with Gasteiger partial charge in [-0.15, -0.1) is 24.0 Å². The van der Waals surface area contributed by atoms with Crippen LogP contribution >= 0.6 is 24.0 Å². The second-order valence-corrected chi connectivity index (χ2v) is 5.75. The van der Waals surface area contributed by atoms with Gasteiger partial charge in [0, 0.05) is 18.3 Å². The van der Waals surface area contributed by atoms with Gasteiger partial charge >= 0.3 is 0 Å². The first kappa shape index (κ1) is 19.9. The smallest absolute Gasteiger partial charge is 0.193 e. The van der Waals surface area contributed by atoms with E-state index >= 15 is 0 Å². The number of guanidine groups is 1. The zero-order chi connectivity index (χ0) is 15.8. The topological polar surface area (TPSA) is 68.9 Å². The fourth-order valence-corrected chi connectivity index (χ4v) is 2.98. The summed E-state index contributed by atoms with van der Waals surface area (Å²) in [5.41, 5.74) is 6.77. The van der Waals surface area contributed by atoms with Crippen molar-refractivity contribution in [3.05, 3.63) is 18.2 Å². The van der Waals surface area contributed by atoms with Crippen LogP contribution in [0.25, 0.3) is 0 Å². The molecule has 0 heterocycles. The van der Waals surface area contributed by atoms with Gasteiger partial charge in [-0.2, -0.15) is 0 Å². The molecule has 3 N–H and O–H groups in total. The number of hydrogen-bond acceptors (Lipinski definition) is 3. The highest BCUT2D eigenvalue weighted by Crippen LogP contribution is 2.30. The molecule has 23 heavy (non-hydrogen) atoms. The first-order valence-corrected chi connectivity index (χ1v) is 8.02. The number of rotatable bonds is 7. The lowest BCUT2D eigenvalue weighted by atomic mass is 10.0. The van der Waals surface area contributed by atoms with Crippen molar-refractivity contribution in [2.75, 3.05) is 26.1 Å². The van der Waals surface area contributed by atoms with E-state index in [-0.39, 0.29) is 24.0 Å². The lowest BCUT2D eigenvalue weighted by Gasteiger charge is -2.11. The van der Waals surface area contributed by atoms with Gasteiger partial charge in [0.25, 0.3) is 0 Å². The number of benzene rings is 1. The van der Waals surface area contributed by atoms with Crippen molar-refractivity contribution in [1.29, 1.82) is 0 Å². The quantitative estimate of drug-likeness (QED) is 0.295. The Morgan fingerprint density at radius 3 is 2.57 bits per heavy atom.